The molecule has 0 unspecified atom stereocenters. The molecule has 1 heterocycles. The molecule has 0 aromatic carbocycles. The topological polar surface area (TPSA) is 72.2 Å². The number of Topliss-reactive ketones (excluding diaryl/α,β-unsaturated/α-hetero) is 1. The Hall–Kier alpha value is -1.65. The van der Waals surface area contributed by atoms with E-state index in [2.05, 4.69) is 17.4 Å². The summed E-state index contributed by atoms with van der Waals surface area (Å²) in [6.07, 6.45) is 8.58. The van der Waals surface area contributed by atoms with Gasteiger partial charge in [0.15, 0.2) is 0 Å². The monoisotopic (exact) mass is 294 g/mol. The van der Waals surface area contributed by atoms with E-state index >= 15 is 0 Å². The van der Waals surface area contributed by atoms with Crippen molar-refractivity contribution in [3.8, 4) is 0 Å². The first kappa shape index (κ1) is 17.4. The number of hydrogen-bond acceptors (Lipinski definition) is 4. The van der Waals surface area contributed by atoms with Gasteiger partial charge in [0, 0.05) is 12.5 Å². The Labute approximate surface area is 126 Å². The molecule has 1 aromatic heterocycles. The summed E-state index contributed by atoms with van der Waals surface area (Å²) in [4.78, 5) is 23.3. The van der Waals surface area contributed by atoms with Crippen molar-refractivity contribution in [1.29, 1.82) is 0 Å². The van der Waals surface area contributed by atoms with Gasteiger partial charge < -0.3 is 4.52 Å². The van der Waals surface area contributed by atoms with Crippen molar-refractivity contribution in [3.63, 3.8) is 0 Å². The van der Waals surface area contributed by atoms with Crippen LogP contribution in [0.3, 0.4) is 0 Å². The minimum absolute atomic E-state index is 0.0164. The maximum Gasteiger partial charge on any atom is 0.234 e. The molecule has 0 fully saturated rings. The van der Waals surface area contributed by atoms with Crippen LogP contribution in [0.4, 0.5) is 5.88 Å². The van der Waals surface area contributed by atoms with Gasteiger partial charge in [-0.25, -0.2) is 0 Å². The summed E-state index contributed by atoms with van der Waals surface area (Å²) in [5.41, 5.74) is 0.694. The zero-order chi connectivity index (χ0) is 15.5. The summed E-state index contributed by atoms with van der Waals surface area (Å²) in [6.45, 7) is 3.97. The van der Waals surface area contributed by atoms with Crippen LogP contribution in [0.1, 0.15) is 70.4 Å². The second-order valence-electron chi connectivity index (χ2n) is 5.47. The Morgan fingerprint density at radius 1 is 1.14 bits per heavy atom. The Balaban J connectivity index is 2.06. The summed E-state index contributed by atoms with van der Waals surface area (Å²) in [5, 5.41) is 6.19. The molecule has 5 nitrogen and oxygen atoms in total. The number of anilines is 1. The number of aryl methyl sites for hydroxylation is 1. The fraction of sp³-hybridized carbons (Fsp3) is 0.688. The quantitative estimate of drug-likeness (QED) is 0.494. The van der Waals surface area contributed by atoms with Crippen LogP contribution in [0.25, 0.3) is 0 Å². The number of aromatic nitrogens is 1. The molecule has 0 aliphatic heterocycles. The fourth-order valence-electron chi connectivity index (χ4n) is 2.15. The van der Waals surface area contributed by atoms with E-state index in [9.17, 15) is 9.59 Å². The Bertz CT molecular complexity index is 440. The van der Waals surface area contributed by atoms with Crippen LogP contribution in [-0.2, 0) is 9.59 Å². The van der Waals surface area contributed by atoms with Crippen LogP contribution in [-0.4, -0.2) is 16.8 Å². The molecule has 0 radical (unpaired) electrons. The highest BCUT2D eigenvalue weighted by atomic mass is 16.5. The Kier molecular flexibility index (Phi) is 8.40. The highest BCUT2D eigenvalue weighted by molar-refractivity contribution is 6.03. The van der Waals surface area contributed by atoms with E-state index in [1.54, 1.807) is 13.0 Å². The van der Waals surface area contributed by atoms with Crippen molar-refractivity contribution >= 4 is 17.6 Å². The van der Waals surface area contributed by atoms with E-state index in [1.165, 1.54) is 32.1 Å². The molecule has 0 saturated carbocycles. The second kappa shape index (κ2) is 10.1. The first-order chi connectivity index (χ1) is 10.1. The van der Waals surface area contributed by atoms with Crippen LogP contribution in [0.2, 0.25) is 0 Å². The highest BCUT2D eigenvalue weighted by Crippen LogP contribution is 2.11. The van der Waals surface area contributed by atoms with Crippen LogP contribution >= 0.6 is 0 Å². The van der Waals surface area contributed by atoms with Gasteiger partial charge in [0.1, 0.15) is 5.78 Å². The molecule has 0 spiro atoms. The van der Waals surface area contributed by atoms with Gasteiger partial charge in [-0.2, -0.15) is 0 Å². The molecule has 0 aliphatic carbocycles. The lowest BCUT2D eigenvalue weighted by Crippen LogP contribution is -2.16. The number of nitrogens with one attached hydrogen (secondary N) is 1. The summed E-state index contributed by atoms with van der Waals surface area (Å²) in [6, 6.07) is 1.62. The van der Waals surface area contributed by atoms with Crippen LogP contribution < -0.4 is 5.32 Å². The molecule has 21 heavy (non-hydrogen) atoms. The lowest BCUT2D eigenvalue weighted by atomic mass is 10.1. The average Bonchev–Trinajstić information content (AvgIpc) is 2.82. The van der Waals surface area contributed by atoms with Crippen molar-refractivity contribution in [2.75, 3.05) is 5.32 Å². The maximum absolute atomic E-state index is 11.7. The molecule has 1 rings (SSSR count). The minimum Gasteiger partial charge on any atom is -0.338 e. The molecule has 0 aliphatic rings. The number of amides is 1. The molecular formula is C16H26N2O3. The normalized spacial score (nSPS) is 10.6. The molecule has 0 bridgehead atoms. The second-order valence-corrected chi connectivity index (χ2v) is 5.47. The smallest absolute Gasteiger partial charge is 0.234 e. The van der Waals surface area contributed by atoms with Crippen LogP contribution in [0.15, 0.2) is 10.6 Å². The summed E-state index contributed by atoms with van der Waals surface area (Å²) < 4.78 is 4.87. The van der Waals surface area contributed by atoms with Gasteiger partial charge in [0.2, 0.25) is 11.8 Å². The SMILES string of the molecule is CCCCCCCCCC(=O)CC(=O)Nc1cc(C)no1. The van der Waals surface area contributed by atoms with E-state index in [0.717, 1.165) is 12.8 Å². The maximum atomic E-state index is 11.7. The Morgan fingerprint density at radius 3 is 2.43 bits per heavy atom. The van der Waals surface area contributed by atoms with Gasteiger partial charge in [-0.3, -0.25) is 14.9 Å². The number of nitrogens with zero attached hydrogens (tertiary/aromatic N) is 1. The van der Waals surface area contributed by atoms with Gasteiger partial charge in [0.25, 0.3) is 0 Å². The summed E-state index contributed by atoms with van der Waals surface area (Å²) in [5.74, 6) is -0.0578. The molecule has 0 saturated heterocycles. The first-order valence-corrected chi connectivity index (χ1v) is 7.86. The predicted octanol–water partition coefficient (Wildman–Crippen LogP) is 4.02. The summed E-state index contributed by atoms with van der Waals surface area (Å²) in [7, 11) is 0. The first-order valence-electron chi connectivity index (χ1n) is 7.86. The third kappa shape index (κ3) is 8.27. The molecule has 118 valence electrons. The molecular weight excluding hydrogens is 268 g/mol. The third-order valence-corrected chi connectivity index (χ3v) is 3.31. The van der Waals surface area contributed by atoms with E-state index in [-0.39, 0.29) is 18.1 Å². The van der Waals surface area contributed by atoms with Gasteiger partial charge in [-0.15, -0.1) is 0 Å². The average molecular weight is 294 g/mol. The number of hydrogen-bond donors (Lipinski definition) is 1. The van der Waals surface area contributed by atoms with Crippen molar-refractivity contribution in [1.82, 2.24) is 5.16 Å². The third-order valence-electron chi connectivity index (χ3n) is 3.31. The van der Waals surface area contributed by atoms with Crippen molar-refractivity contribution < 1.29 is 14.1 Å². The van der Waals surface area contributed by atoms with E-state index < -0.39 is 0 Å². The largest absolute Gasteiger partial charge is 0.338 e. The van der Waals surface area contributed by atoms with Crippen molar-refractivity contribution in [3.05, 3.63) is 11.8 Å². The van der Waals surface area contributed by atoms with Gasteiger partial charge >= 0.3 is 0 Å². The number of carbonyl (C=O) groups is 2. The number of rotatable bonds is 11. The number of ketones is 1. The molecule has 1 N–H and O–H groups in total. The lowest BCUT2D eigenvalue weighted by Gasteiger charge is -2.02. The fourth-order valence-corrected chi connectivity index (χ4v) is 2.15. The zero-order valence-corrected chi connectivity index (χ0v) is 13.1. The number of unbranched alkanes of at least 4 members (excludes halogenated alkanes) is 6. The standard InChI is InChI=1S/C16H26N2O3/c1-3-4-5-6-7-8-9-10-14(19)12-15(20)17-16-11-13(2)18-21-16/h11H,3-10,12H2,1-2H3,(H,17,20). The Morgan fingerprint density at radius 2 is 1.81 bits per heavy atom. The molecule has 0 atom stereocenters. The van der Waals surface area contributed by atoms with E-state index in [1.807, 2.05) is 0 Å². The molecule has 5 heteroatoms. The van der Waals surface area contributed by atoms with Crippen molar-refractivity contribution in [2.24, 2.45) is 0 Å². The van der Waals surface area contributed by atoms with E-state index in [4.69, 9.17) is 4.52 Å². The minimum atomic E-state index is -0.334. The molecule has 1 aromatic rings. The van der Waals surface area contributed by atoms with Crippen molar-refractivity contribution in [2.45, 2.75) is 71.6 Å². The highest BCUT2D eigenvalue weighted by Gasteiger charge is 2.11. The van der Waals surface area contributed by atoms with E-state index in [0.29, 0.717) is 18.0 Å². The zero-order valence-electron chi connectivity index (χ0n) is 13.1. The molecule has 1 amide bonds. The number of carbonyl (C=O) groups excluding carboxylic acids is 2. The van der Waals surface area contributed by atoms with Crippen LogP contribution in [0, 0.1) is 6.92 Å². The summed E-state index contributed by atoms with van der Waals surface area (Å²) >= 11 is 0. The van der Waals surface area contributed by atoms with Gasteiger partial charge in [-0.1, -0.05) is 50.6 Å². The predicted molar refractivity (Wildman–Crippen MR) is 82.1 cm³/mol. The van der Waals surface area contributed by atoms with Gasteiger partial charge in [0.05, 0.1) is 12.1 Å². The van der Waals surface area contributed by atoms with Gasteiger partial charge in [-0.05, 0) is 13.3 Å². The lowest BCUT2D eigenvalue weighted by molar-refractivity contribution is -0.125. The van der Waals surface area contributed by atoms with Crippen LogP contribution in [0.5, 0.6) is 0 Å².